The highest BCUT2D eigenvalue weighted by molar-refractivity contribution is 5.91. The zero-order chi connectivity index (χ0) is 13.7. The van der Waals surface area contributed by atoms with Gasteiger partial charge in [0.1, 0.15) is 11.5 Å². The molecule has 3 N–H and O–H groups in total. The van der Waals surface area contributed by atoms with Crippen LogP contribution in [0.15, 0.2) is 42.6 Å². The molecule has 1 aromatic carbocycles. The highest BCUT2D eigenvalue weighted by atomic mass is 19.1. The van der Waals surface area contributed by atoms with Gasteiger partial charge in [-0.15, -0.1) is 0 Å². The van der Waals surface area contributed by atoms with Gasteiger partial charge in [-0.2, -0.15) is 0 Å². The highest BCUT2D eigenvalue weighted by Gasteiger charge is 2.02. The Morgan fingerprint density at radius 2 is 2.16 bits per heavy atom. The third-order valence-corrected chi connectivity index (χ3v) is 2.64. The number of hydrogen-bond acceptors (Lipinski definition) is 3. The van der Waals surface area contributed by atoms with Crippen LogP contribution in [0.3, 0.4) is 0 Å². The number of carbonyl (C=O) groups excluding carboxylic acids is 1. The van der Waals surface area contributed by atoms with Crippen LogP contribution in [0.2, 0.25) is 0 Å². The van der Waals surface area contributed by atoms with Gasteiger partial charge >= 0.3 is 0 Å². The predicted molar refractivity (Wildman–Crippen MR) is 71.3 cm³/mol. The maximum Gasteiger partial charge on any atom is 0.267 e. The average molecular weight is 259 g/mol. The molecule has 2 rings (SSSR count). The van der Waals surface area contributed by atoms with E-state index in [9.17, 15) is 9.18 Å². The van der Waals surface area contributed by atoms with E-state index in [1.165, 1.54) is 18.3 Å². The summed E-state index contributed by atoms with van der Waals surface area (Å²) in [5, 5.41) is 3.14. The van der Waals surface area contributed by atoms with Crippen molar-refractivity contribution in [1.82, 2.24) is 4.98 Å². The number of rotatable bonds is 5. The normalized spacial score (nSPS) is 10.2. The van der Waals surface area contributed by atoms with Crippen molar-refractivity contribution in [3.05, 3.63) is 59.7 Å². The van der Waals surface area contributed by atoms with Crippen LogP contribution in [0.4, 0.5) is 10.1 Å². The monoisotopic (exact) mass is 259 g/mol. The number of carbonyl (C=O) groups is 1. The number of anilines is 1. The van der Waals surface area contributed by atoms with E-state index >= 15 is 0 Å². The smallest absolute Gasteiger partial charge is 0.267 e. The molecular weight excluding hydrogens is 245 g/mol. The molecule has 1 aromatic heterocycles. The van der Waals surface area contributed by atoms with Crippen molar-refractivity contribution in [3.63, 3.8) is 0 Å². The summed E-state index contributed by atoms with van der Waals surface area (Å²) in [5.74, 6) is -0.800. The molecule has 0 aliphatic carbocycles. The van der Waals surface area contributed by atoms with Gasteiger partial charge in [-0.05, 0) is 36.2 Å². The first-order chi connectivity index (χ1) is 9.15. The Morgan fingerprint density at radius 3 is 2.89 bits per heavy atom. The number of nitrogens with zero attached hydrogens (tertiary/aromatic N) is 1. The number of nitrogens with one attached hydrogen (secondary N) is 1. The largest absolute Gasteiger partial charge is 0.385 e. The van der Waals surface area contributed by atoms with Crippen molar-refractivity contribution >= 4 is 11.6 Å². The predicted octanol–water partition coefficient (Wildman–Crippen LogP) is 1.97. The van der Waals surface area contributed by atoms with Crippen molar-refractivity contribution < 1.29 is 9.18 Å². The van der Waals surface area contributed by atoms with Crippen LogP contribution in [0.1, 0.15) is 16.1 Å². The minimum atomic E-state index is -0.561. The molecule has 0 saturated heterocycles. The van der Waals surface area contributed by atoms with Gasteiger partial charge < -0.3 is 11.1 Å². The van der Waals surface area contributed by atoms with E-state index in [2.05, 4.69) is 10.3 Å². The highest BCUT2D eigenvalue weighted by Crippen LogP contribution is 2.09. The summed E-state index contributed by atoms with van der Waals surface area (Å²) in [4.78, 5) is 14.8. The van der Waals surface area contributed by atoms with Crippen LogP contribution in [-0.2, 0) is 6.42 Å². The lowest BCUT2D eigenvalue weighted by Crippen LogP contribution is -2.13. The second-order valence-corrected chi connectivity index (χ2v) is 4.10. The van der Waals surface area contributed by atoms with Crippen LogP contribution in [0.5, 0.6) is 0 Å². The fraction of sp³-hybridized carbons (Fsp3) is 0.143. The van der Waals surface area contributed by atoms with E-state index in [0.717, 1.165) is 11.3 Å². The summed E-state index contributed by atoms with van der Waals surface area (Å²) in [6.45, 7) is 0.631. The minimum absolute atomic E-state index is 0.218. The molecule has 2 aromatic rings. The lowest BCUT2D eigenvalue weighted by atomic mass is 10.1. The average Bonchev–Trinajstić information content (AvgIpc) is 2.39. The zero-order valence-electron chi connectivity index (χ0n) is 10.3. The van der Waals surface area contributed by atoms with Crippen LogP contribution in [-0.4, -0.2) is 17.4 Å². The van der Waals surface area contributed by atoms with Gasteiger partial charge in [0.05, 0.1) is 0 Å². The molecule has 4 nitrogen and oxygen atoms in total. The molecule has 0 saturated carbocycles. The van der Waals surface area contributed by atoms with Crippen LogP contribution in [0.25, 0.3) is 0 Å². The molecule has 1 amide bonds. The van der Waals surface area contributed by atoms with E-state index < -0.39 is 5.91 Å². The summed E-state index contributed by atoms with van der Waals surface area (Å²) in [7, 11) is 0. The molecule has 19 heavy (non-hydrogen) atoms. The number of nitrogens with two attached hydrogens (primary N) is 1. The van der Waals surface area contributed by atoms with E-state index in [1.807, 2.05) is 6.07 Å². The van der Waals surface area contributed by atoms with Gasteiger partial charge in [-0.25, -0.2) is 4.39 Å². The summed E-state index contributed by atoms with van der Waals surface area (Å²) in [6, 6.07) is 9.81. The molecule has 0 spiro atoms. The maximum absolute atomic E-state index is 13.0. The Kier molecular flexibility index (Phi) is 4.07. The summed E-state index contributed by atoms with van der Waals surface area (Å²) >= 11 is 0. The molecule has 98 valence electrons. The van der Waals surface area contributed by atoms with Crippen molar-refractivity contribution in [2.75, 3.05) is 11.9 Å². The van der Waals surface area contributed by atoms with Gasteiger partial charge in [0.15, 0.2) is 0 Å². The third kappa shape index (κ3) is 3.77. The molecular formula is C14H14FN3O. The van der Waals surface area contributed by atoms with E-state index in [0.29, 0.717) is 13.0 Å². The Hall–Kier alpha value is -2.43. The first-order valence-corrected chi connectivity index (χ1v) is 5.89. The van der Waals surface area contributed by atoms with Crippen LogP contribution < -0.4 is 11.1 Å². The molecule has 0 aliphatic rings. The second kappa shape index (κ2) is 5.95. The number of hydrogen-bond donors (Lipinski definition) is 2. The molecule has 0 bridgehead atoms. The maximum atomic E-state index is 13.0. The standard InChI is InChI=1S/C14H14FN3O/c15-11-3-1-2-10(8-11)4-6-17-12-5-7-18-13(9-12)14(16)19/h1-3,5,7-9H,4,6H2,(H2,16,19)(H,17,18). The number of benzene rings is 1. The second-order valence-electron chi connectivity index (χ2n) is 4.10. The minimum Gasteiger partial charge on any atom is -0.385 e. The molecule has 0 fully saturated rings. The number of amides is 1. The fourth-order valence-corrected chi connectivity index (χ4v) is 1.72. The number of halogens is 1. The van der Waals surface area contributed by atoms with Crippen molar-refractivity contribution in [3.8, 4) is 0 Å². The topological polar surface area (TPSA) is 68.0 Å². The van der Waals surface area contributed by atoms with Gasteiger partial charge in [0.2, 0.25) is 0 Å². The van der Waals surface area contributed by atoms with Gasteiger partial charge in [0, 0.05) is 18.4 Å². The SMILES string of the molecule is NC(=O)c1cc(NCCc2cccc(F)c2)ccn1. The summed E-state index contributed by atoms with van der Waals surface area (Å²) in [6.07, 6.45) is 2.20. The summed E-state index contributed by atoms with van der Waals surface area (Å²) in [5.41, 5.74) is 7.04. The molecule has 0 unspecified atom stereocenters. The Balaban J connectivity index is 1.92. The Morgan fingerprint density at radius 1 is 1.32 bits per heavy atom. The van der Waals surface area contributed by atoms with Gasteiger partial charge in [-0.3, -0.25) is 9.78 Å². The molecule has 0 atom stereocenters. The van der Waals surface area contributed by atoms with E-state index in [1.54, 1.807) is 18.2 Å². The van der Waals surface area contributed by atoms with Crippen molar-refractivity contribution in [2.24, 2.45) is 5.73 Å². The van der Waals surface area contributed by atoms with Crippen LogP contribution >= 0.6 is 0 Å². The third-order valence-electron chi connectivity index (χ3n) is 2.64. The Bertz CT molecular complexity index is 586. The lowest BCUT2D eigenvalue weighted by Gasteiger charge is -2.07. The molecule has 1 heterocycles. The quantitative estimate of drug-likeness (QED) is 0.862. The molecule has 5 heteroatoms. The summed E-state index contributed by atoms with van der Waals surface area (Å²) < 4.78 is 13.0. The first kappa shape index (κ1) is 13.0. The van der Waals surface area contributed by atoms with Gasteiger partial charge in [-0.1, -0.05) is 12.1 Å². The van der Waals surface area contributed by atoms with Crippen LogP contribution in [0, 0.1) is 5.82 Å². The van der Waals surface area contributed by atoms with Gasteiger partial charge in [0.25, 0.3) is 5.91 Å². The first-order valence-electron chi connectivity index (χ1n) is 5.89. The number of primary amides is 1. The Labute approximate surface area is 110 Å². The van der Waals surface area contributed by atoms with E-state index in [4.69, 9.17) is 5.73 Å². The molecule has 0 radical (unpaired) electrons. The fourth-order valence-electron chi connectivity index (χ4n) is 1.72. The van der Waals surface area contributed by atoms with E-state index in [-0.39, 0.29) is 11.5 Å². The number of aromatic nitrogens is 1. The zero-order valence-corrected chi connectivity index (χ0v) is 10.3. The number of pyridine rings is 1. The van der Waals surface area contributed by atoms with Crippen molar-refractivity contribution in [1.29, 1.82) is 0 Å². The molecule has 0 aliphatic heterocycles. The lowest BCUT2D eigenvalue weighted by molar-refractivity contribution is 0.0995. The van der Waals surface area contributed by atoms with Crippen molar-refractivity contribution in [2.45, 2.75) is 6.42 Å².